The summed E-state index contributed by atoms with van der Waals surface area (Å²) < 4.78 is 6.33. The fraction of sp³-hybridized carbons (Fsp3) is 0.304. The van der Waals surface area contributed by atoms with E-state index in [1.54, 1.807) is 0 Å². The van der Waals surface area contributed by atoms with Crippen molar-refractivity contribution in [3.63, 3.8) is 0 Å². The Morgan fingerprint density at radius 3 is 2.56 bits per heavy atom. The highest BCUT2D eigenvalue weighted by atomic mass is 32.1. The predicted molar refractivity (Wildman–Crippen MR) is 131 cm³/mol. The lowest BCUT2D eigenvalue weighted by Gasteiger charge is -2.20. The topological polar surface area (TPSA) is 134 Å². The third-order valence-electron chi connectivity index (χ3n) is 4.94. The van der Waals surface area contributed by atoms with E-state index in [0.29, 0.717) is 6.54 Å². The number of anilines is 2. The average molecular weight is 486 g/mol. The molecule has 1 unspecified atom stereocenters. The van der Waals surface area contributed by atoms with Gasteiger partial charge in [-0.15, -0.1) is 11.3 Å². The summed E-state index contributed by atoms with van der Waals surface area (Å²) in [7, 11) is 1.49. The third-order valence-corrected chi connectivity index (χ3v) is 5.93. The van der Waals surface area contributed by atoms with Crippen LogP contribution in [0.15, 0.2) is 57.4 Å². The second-order valence-corrected chi connectivity index (χ2v) is 8.47. The molecule has 0 bridgehead atoms. The van der Waals surface area contributed by atoms with Gasteiger partial charge in [0.15, 0.2) is 0 Å². The number of benzene rings is 1. The number of nitrogens with one attached hydrogen (secondary N) is 4. The first-order chi connectivity index (χ1) is 16.4. The number of amides is 2. The number of H-pyrrole nitrogens is 1. The highest BCUT2D eigenvalue weighted by molar-refractivity contribution is 7.10. The lowest BCUT2D eigenvalue weighted by atomic mass is 10.1. The molecule has 0 saturated heterocycles. The van der Waals surface area contributed by atoms with E-state index in [1.807, 2.05) is 47.8 Å². The van der Waals surface area contributed by atoms with Gasteiger partial charge in [0.25, 0.3) is 5.56 Å². The van der Waals surface area contributed by atoms with Crippen molar-refractivity contribution in [1.29, 1.82) is 0 Å². The van der Waals surface area contributed by atoms with Crippen LogP contribution in [0.3, 0.4) is 0 Å². The fourth-order valence-electron chi connectivity index (χ4n) is 3.37. The summed E-state index contributed by atoms with van der Waals surface area (Å²) >= 11 is 1.42. The van der Waals surface area contributed by atoms with Gasteiger partial charge in [0.05, 0.1) is 25.6 Å². The Hall–Kier alpha value is -3.70. The van der Waals surface area contributed by atoms with Crippen molar-refractivity contribution in [3.8, 4) is 0 Å². The van der Waals surface area contributed by atoms with Gasteiger partial charge in [-0.3, -0.25) is 23.9 Å². The number of ether oxygens (including phenoxy) is 1. The Balaban J connectivity index is 1.91. The maximum absolute atomic E-state index is 13.0. The van der Waals surface area contributed by atoms with Crippen molar-refractivity contribution in [2.45, 2.75) is 32.5 Å². The number of aromatic nitrogens is 2. The quantitative estimate of drug-likeness (QED) is 0.328. The van der Waals surface area contributed by atoms with Crippen LogP contribution in [-0.2, 0) is 27.4 Å². The van der Waals surface area contributed by atoms with Crippen LogP contribution in [0.1, 0.15) is 29.8 Å². The molecule has 2 amide bonds. The van der Waals surface area contributed by atoms with Crippen LogP contribution in [0, 0.1) is 0 Å². The van der Waals surface area contributed by atoms with Gasteiger partial charge in [-0.25, -0.2) is 4.79 Å². The molecular weight excluding hydrogens is 458 g/mol. The van der Waals surface area contributed by atoms with E-state index in [-0.39, 0.29) is 37.0 Å². The summed E-state index contributed by atoms with van der Waals surface area (Å²) in [4.78, 5) is 53.0. The Kier molecular flexibility index (Phi) is 8.77. The molecule has 4 N–H and O–H groups in total. The molecular formula is C23H27N5O5S. The van der Waals surface area contributed by atoms with Gasteiger partial charge >= 0.3 is 5.69 Å². The van der Waals surface area contributed by atoms with E-state index in [9.17, 15) is 19.2 Å². The van der Waals surface area contributed by atoms with Crippen molar-refractivity contribution in [2.75, 3.05) is 24.4 Å². The van der Waals surface area contributed by atoms with Crippen molar-refractivity contribution in [2.24, 2.45) is 0 Å². The molecule has 1 aromatic carbocycles. The van der Waals surface area contributed by atoms with Gasteiger partial charge in [-0.05, 0) is 17.0 Å². The van der Waals surface area contributed by atoms with Gasteiger partial charge in [0.1, 0.15) is 11.5 Å². The molecule has 0 spiro atoms. The molecule has 180 valence electrons. The van der Waals surface area contributed by atoms with Crippen molar-refractivity contribution < 1.29 is 14.3 Å². The molecule has 34 heavy (non-hydrogen) atoms. The molecule has 3 rings (SSSR count). The van der Waals surface area contributed by atoms with Crippen LogP contribution in [0.4, 0.5) is 11.5 Å². The second kappa shape index (κ2) is 12.0. The lowest BCUT2D eigenvalue weighted by Crippen LogP contribution is -2.37. The highest BCUT2D eigenvalue weighted by Gasteiger charge is 2.22. The Morgan fingerprint density at radius 2 is 1.91 bits per heavy atom. The number of rotatable bonds is 11. The molecule has 0 aliphatic heterocycles. The van der Waals surface area contributed by atoms with E-state index in [2.05, 4.69) is 20.9 Å². The first-order valence-electron chi connectivity index (χ1n) is 10.6. The van der Waals surface area contributed by atoms with E-state index in [4.69, 9.17) is 4.74 Å². The minimum atomic E-state index is -0.667. The maximum atomic E-state index is 13.0. The molecule has 2 heterocycles. The summed E-state index contributed by atoms with van der Waals surface area (Å²) in [6.45, 7) is 1.99. The van der Waals surface area contributed by atoms with Gasteiger partial charge < -0.3 is 20.7 Å². The smallest absolute Gasteiger partial charge is 0.330 e. The Labute approximate surface area is 200 Å². The van der Waals surface area contributed by atoms with E-state index < -0.39 is 23.2 Å². The molecule has 0 saturated carbocycles. The summed E-state index contributed by atoms with van der Waals surface area (Å²) in [5.74, 6) is -0.699. The molecule has 3 aromatic rings. The Bertz CT molecular complexity index is 1220. The predicted octanol–water partition coefficient (Wildman–Crippen LogP) is 2.06. The summed E-state index contributed by atoms with van der Waals surface area (Å²) in [6.07, 6.45) is -0.0799. The zero-order valence-electron chi connectivity index (χ0n) is 18.9. The van der Waals surface area contributed by atoms with Crippen LogP contribution in [-0.4, -0.2) is 35.1 Å². The number of carbonyl (C=O) groups excluding carboxylic acids is 2. The molecule has 2 aromatic heterocycles. The molecule has 0 radical (unpaired) electrons. The lowest BCUT2D eigenvalue weighted by molar-refractivity contribution is -0.120. The first-order valence-corrected chi connectivity index (χ1v) is 11.5. The highest BCUT2D eigenvalue weighted by Crippen LogP contribution is 2.24. The van der Waals surface area contributed by atoms with E-state index in [0.717, 1.165) is 10.4 Å². The zero-order chi connectivity index (χ0) is 24.5. The van der Waals surface area contributed by atoms with E-state index >= 15 is 0 Å². The number of carbonyl (C=O) groups is 2. The third kappa shape index (κ3) is 6.65. The largest absolute Gasteiger partial charge is 0.383 e. The summed E-state index contributed by atoms with van der Waals surface area (Å²) in [5.41, 5.74) is -0.349. The molecule has 11 heteroatoms. The monoisotopic (exact) mass is 485 g/mol. The van der Waals surface area contributed by atoms with Crippen LogP contribution >= 0.6 is 11.3 Å². The van der Waals surface area contributed by atoms with Crippen molar-refractivity contribution in [1.82, 2.24) is 14.9 Å². The second-order valence-electron chi connectivity index (χ2n) is 7.49. The number of methoxy groups -OCH3 is 1. The number of thiophene rings is 1. The van der Waals surface area contributed by atoms with Gasteiger partial charge in [0, 0.05) is 25.5 Å². The SMILES string of the molecule is COCCn1c(NC(=O)CC(NC(C)=O)c2cccs2)c(NCc2ccccc2)c(=O)[nH]c1=O. The minimum Gasteiger partial charge on any atom is -0.383 e. The van der Waals surface area contributed by atoms with Gasteiger partial charge in [-0.1, -0.05) is 36.4 Å². The fourth-order valence-corrected chi connectivity index (χ4v) is 4.15. The van der Waals surface area contributed by atoms with E-state index in [1.165, 1.54) is 29.9 Å². The summed E-state index contributed by atoms with van der Waals surface area (Å²) in [5, 5.41) is 10.4. The number of aromatic amines is 1. The molecule has 1 atom stereocenters. The molecule has 0 fully saturated rings. The van der Waals surface area contributed by atoms with Crippen molar-refractivity contribution in [3.05, 3.63) is 79.1 Å². The van der Waals surface area contributed by atoms with Crippen LogP contribution in [0.2, 0.25) is 0 Å². The Morgan fingerprint density at radius 1 is 1.15 bits per heavy atom. The number of nitrogens with zero attached hydrogens (tertiary/aromatic N) is 1. The van der Waals surface area contributed by atoms with Crippen molar-refractivity contribution >= 4 is 34.7 Å². The number of hydrogen-bond donors (Lipinski definition) is 4. The molecule has 10 nitrogen and oxygen atoms in total. The molecule has 0 aliphatic carbocycles. The summed E-state index contributed by atoms with van der Waals surface area (Å²) in [6, 6.07) is 12.5. The normalized spacial score (nSPS) is 11.6. The maximum Gasteiger partial charge on any atom is 0.330 e. The number of hydrogen-bond acceptors (Lipinski definition) is 7. The first kappa shape index (κ1) is 24.9. The zero-order valence-corrected chi connectivity index (χ0v) is 19.7. The van der Waals surface area contributed by atoms with Gasteiger partial charge in [0.2, 0.25) is 11.8 Å². The molecule has 0 aliphatic rings. The van der Waals surface area contributed by atoms with Crippen LogP contribution in [0.5, 0.6) is 0 Å². The average Bonchev–Trinajstić information content (AvgIpc) is 3.33. The standard InChI is InChI=1S/C23H27N5O5S/c1-15(29)25-17(18-9-6-12-34-18)13-19(30)26-21-20(24-14-16-7-4-3-5-8-16)22(31)27-23(32)28(21)10-11-33-2/h3-9,12,17,24H,10-11,13-14H2,1-2H3,(H,25,29)(H,26,30)(H,27,31,32). The van der Waals surface area contributed by atoms with Gasteiger partial charge in [-0.2, -0.15) is 0 Å². The van der Waals surface area contributed by atoms with Crippen LogP contribution < -0.4 is 27.2 Å². The minimum absolute atomic E-state index is 0.0412. The van der Waals surface area contributed by atoms with Crippen LogP contribution in [0.25, 0.3) is 0 Å².